The fourth-order valence-electron chi connectivity index (χ4n) is 1.16. The third kappa shape index (κ3) is 2.94. The molecule has 2 heteroatoms. The lowest BCUT2D eigenvalue weighted by Crippen LogP contribution is -1.99. The van der Waals surface area contributed by atoms with Crippen molar-refractivity contribution < 1.29 is 0 Å². The first-order valence-electron chi connectivity index (χ1n) is 3.77. The van der Waals surface area contributed by atoms with E-state index >= 15 is 0 Å². The molecule has 0 N–H and O–H groups in total. The van der Waals surface area contributed by atoms with Crippen LogP contribution in [0.25, 0.3) is 0 Å². The average Bonchev–Trinajstić information content (AvgIpc) is 1.84. The van der Waals surface area contributed by atoms with E-state index in [0.29, 0.717) is 5.38 Å². The molecule has 0 aromatic rings. The zero-order valence-corrected chi connectivity index (χ0v) is 7.46. The Kier molecular flexibility index (Phi) is 3.58. The van der Waals surface area contributed by atoms with Crippen LogP contribution in [0.2, 0.25) is 0 Å². The Morgan fingerprint density at radius 1 is 1.40 bits per heavy atom. The Bertz CT molecular complexity index is 129. The molecule has 0 aromatic heterocycles. The molecule has 0 saturated carbocycles. The summed E-state index contributed by atoms with van der Waals surface area (Å²) in [5.41, 5.74) is 0. The molecule has 1 rings (SSSR count). The molecule has 0 heterocycles. The van der Waals surface area contributed by atoms with Crippen molar-refractivity contribution in [3.05, 3.63) is 11.1 Å². The maximum absolute atomic E-state index is 5.97. The van der Waals surface area contributed by atoms with Gasteiger partial charge in [0.2, 0.25) is 0 Å². The highest BCUT2D eigenvalue weighted by Gasteiger charge is 2.06. The molecule has 1 aliphatic rings. The summed E-state index contributed by atoms with van der Waals surface area (Å²) in [4.78, 5) is 0. The van der Waals surface area contributed by atoms with E-state index in [1.54, 1.807) is 0 Å². The van der Waals surface area contributed by atoms with Crippen LogP contribution >= 0.6 is 23.2 Å². The molecule has 1 unspecified atom stereocenters. The van der Waals surface area contributed by atoms with Crippen molar-refractivity contribution in [2.45, 2.75) is 37.5 Å². The minimum atomic E-state index is 0.376. The van der Waals surface area contributed by atoms with Gasteiger partial charge in [-0.15, -0.1) is 11.6 Å². The summed E-state index contributed by atoms with van der Waals surface area (Å²) < 4.78 is 0. The number of halogens is 2. The van der Waals surface area contributed by atoms with E-state index in [9.17, 15) is 0 Å². The molecule has 0 saturated heterocycles. The SMILES string of the molecule is ClC1=CCCC(Cl)CCC1. The molecule has 0 amide bonds. The van der Waals surface area contributed by atoms with E-state index in [-0.39, 0.29) is 0 Å². The van der Waals surface area contributed by atoms with Crippen LogP contribution in [0.3, 0.4) is 0 Å². The van der Waals surface area contributed by atoms with Crippen molar-refractivity contribution in [1.82, 2.24) is 0 Å². The second kappa shape index (κ2) is 4.25. The van der Waals surface area contributed by atoms with Crippen LogP contribution in [0.5, 0.6) is 0 Å². The lowest BCUT2D eigenvalue weighted by Gasteiger charge is -2.10. The second-order valence-electron chi connectivity index (χ2n) is 2.72. The predicted octanol–water partition coefficient (Wildman–Crippen LogP) is 3.68. The van der Waals surface area contributed by atoms with Crippen LogP contribution < -0.4 is 0 Å². The minimum absolute atomic E-state index is 0.376. The van der Waals surface area contributed by atoms with Crippen LogP contribution in [0.15, 0.2) is 11.1 Å². The van der Waals surface area contributed by atoms with Crippen LogP contribution in [0.4, 0.5) is 0 Å². The van der Waals surface area contributed by atoms with E-state index in [2.05, 4.69) is 6.08 Å². The van der Waals surface area contributed by atoms with Gasteiger partial charge in [-0.05, 0) is 32.1 Å². The highest BCUT2D eigenvalue weighted by Crippen LogP contribution is 2.22. The Balaban J connectivity index is 2.38. The minimum Gasteiger partial charge on any atom is -0.123 e. The standard InChI is InChI=1S/C8H12Cl2/c9-7-3-1-4-8(10)6-2-5-7/h3,8H,1-2,4-6H2. The smallest absolute Gasteiger partial charge is 0.0339 e. The summed E-state index contributed by atoms with van der Waals surface area (Å²) in [6.45, 7) is 0. The Labute approximate surface area is 72.2 Å². The van der Waals surface area contributed by atoms with Gasteiger partial charge in [-0.2, -0.15) is 0 Å². The summed E-state index contributed by atoms with van der Waals surface area (Å²) in [6.07, 6.45) is 7.50. The first-order chi connectivity index (χ1) is 4.79. The van der Waals surface area contributed by atoms with Gasteiger partial charge in [0.25, 0.3) is 0 Å². The van der Waals surface area contributed by atoms with Gasteiger partial charge in [-0.1, -0.05) is 17.7 Å². The number of alkyl halides is 1. The fourth-order valence-corrected chi connectivity index (χ4v) is 1.68. The first-order valence-corrected chi connectivity index (χ1v) is 4.59. The van der Waals surface area contributed by atoms with Gasteiger partial charge < -0.3 is 0 Å². The molecule has 0 radical (unpaired) electrons. The van der Waals surface area contributed by atoms with E-state index in [0.717, 1.165) is 37.1 Å². The second-order valence-corrected chi connectivity index (χ2v) is 3.82. The quantitative estimate of drug-likeness (QED) is 0.497. The van der Waals surface area contributed by atoms with E-state index in [1.807, 2.05) is 0 Å². The first kappa shape index (κ1) is 8.42. The van der Waals surface area contributed by atoms with Crippen molar-refractivity contribution in [1.29, 1.82) is 0 Å². The molecule has 0 aliphatic heterocycles. The summed E-state index contributed by atoms with van der Waals surface area (Å²) in [5, 5.41) is 1.39. The molecule has 10 heavy (non-hydrogen) atoms. The van der Waals surface area contributed by atoms with Crippen LogP contribution in [-0.4, -0.2) is 5.38 Å². The van der Waals surface area contributed by atoms with Crippen molar-refractivity contribution in [3.8, 4) is 0 Å². The number of allylic oxidation sites excluding steroid dienone is 2. The van der Waals surface area contributed by atoms with Crippen molar-refractivity contribution in [2.24, 2.45) is 0 Å². The number of rotatable bonds is 0. The highest BCUT2D eigenvalue weighted by molar-refractivity contribution is 6.29. The van der Waals surface area contributed by atoms with Crippen LogP contribution in [0, 0.1) is 0 Å². The summed E-state index contributed by atoms with van der Waals surface area (Å²) in [6, 6.07) is 0. The number of hydrogen-bond acceptors (Lipinski definition) is 0. The Morgan fingerprint density at radius 2 is 2.20 bits per heavy atom. The van der Waals surface area contributed by atoms with Crippen molar-refractivity contribution >= 4 is 23.2 Å². The molecule has 0 fully saturated rings. The largest absolute Gasteiger partial charge is 0.123 e. The van der Waals surface area contributed by atoms with E-state index < -0.39 is 0 Å². The number of hydrogen-bond donors (Lipinski definition) is 0. The van der Waals surface area contributed by atoms with Crippen molar-refractivity contribution in [2.75, 3.05) is 0 Å². The van der Waals surface area contributed by atoms with Gasteiger partial charge in [0.05, 0.1) is 0 Å². The fraction of sp³-hybridized carbons (Fsp3) is 0.750. The third-order valence-corrected chi connectivity index (χ3v) is 2.56. The van der Waals surface area contributed by atoms with E-state index in [1.165, 1.54) is 0 Å². The zero-order chi connectivity index (χ0) is 7.40. The van der Waals surface area contributed by atoms with Gasteiger partial charge >= 0.3 is 0 Å². The predicted molar refractivity (Wildman–Crippen MR) is 46.7 cm³/mol. The average molecular weight is 179 g/mol. The van der Waals surface area contributed by atoms with Gasteiger partial charge in [0.15, 0.2) is 0 Å². The lowest BCUT2D eigenvalue weighted by atomic mass is 10.1. The molecule has 0 nitrogen and oxygen atoms in total. The Hall–Kier alpha value is 0.320. The molecule has 0 aromatic carbocycles. The molecular formula is C8H12Cl2. The summed E-state index contributed by atoms with van der Waals surface area (Å²) in [7, 11) is 0. The molecule has 0 bridgehead atoms. The molecule has 1 atom stereocenters. The zero-order valence-electron chi connectivity index (χ0n) is 5.95. The van der Waals surface area contributed by atoms with Gasteiger partial charge in [0.1, 0.15) is 0 Å². The molecule has 1 aliphatic carbocycles. The summed E-state index contributed by atoms with van der Waals surface area (Å²) in [5.74, 6) is 0. The molecule has 0 spiro atoms. The van der Waals surface area contributed by atoms with Crippen molar-refractivity contribution in [3.63, 3.8) is 0 Å². The monoisotopic (exact) mass is 178 g/mol. The highest BCUT2D eigenvalue weighted by atomic mass is 35.5. The molecular weight excluding hydrogens is 167 g/mol. The lowest BCUT2D eigenvalue weighted by molar-refractivity contribution is 0.642. The maximum atomic E-state index is 5.97. The van der Waals surface area contributed by atoms with E-state index in [4.69, 9.17) is 23.2 Å². The maximum Gasteiger partial charge on any atom is 0.0339 e. The molecule has 58 valence electrons. The van der Waals surface area contributed by atoms with Gasteiger partial charge in [0, 0.05) is 10.4 Å². The van der Waals surface area contributed by atoms with Crippen LogP contribution in [-0.2, 0) is 0 Å². The van der Waals surface area contributed by atoms with Gasteiger partial charge in [-0.25, -0.2) is 0 Å². The normalized spacial score (nSPS) is 28.6. The van der Waals surface area contributed by atoms with Gasteiger partial charge in [-0.3, -0.25) is 0 Å². The topological polar surface area (TPSA) is 0 Å². The van der Waals surface area contributed by atoms with Crippen LogP contribution in [0.1, 0.15) is 32.1 Å². The third-order valence-electron chi connectivity index (χ3n) is 1.78. The Morgan fingerprint density at radius 3 is 3.00 bits per heavy atom. The summed E-state index contributed by atoms with van der Waals surface area (Å²) >= 11 is 11.8.